The lowest BCUT2D eigenvalue weighted by molar-refractivity contribution is 0.190. The first kappa shape index (κ1) is 12.7. The van der Waals surface area contributed by atoms with Crippen LogP contribution in [0.15, 0.2) is 11.6 Å². The topological polar surface area (TPSA) is 47.3 Å². The summed E-state index contributed by atoms with van der Waals surface area (Å²) in [4.78, 5) is 0. The standard InChI is InChI=1S/C12H24N2O/c1-15-10-6-9-12(14-13)11-7-4-2-3-5-8-11/h7,12,14H,2-6,8-10,13H2,1H3. The summed E-state index contributed by atoms with van der Waals surface area (Å²) in [7, 11) is 1.75. The van der Waals surface area contributed by atoms with Crippen LogP contribution in [-0.4, -0.2) is 19.8 Å². The lowest BCUT2D eigenvalue weighted by atomic mass is 9.98. The van der Waals surface area contributed by atoms with E-state index in [0.29, 0.717) is 6.04 Å². The van der Waals surface area contributed by atoms with Crippen molar-refractivity contribution in [3.05, 3.63) is 11.6 Å². The molecule has 1 atom stereocenters. The Bertz CT molecular complexity index is 192. The van der Waals surface area contributed by atoms with Crippen LogP contribution < -0.4 is 11.3 Å². The predicted molar refractivity (Wildman–Crippen MR) is 63.4 cm³/mol. The molecule has 0 aliphatic heterocycles. The molecule has 0 bridgehead atoms. The molecule has 15 heavy (non-hydrogen) atoms. The number of methoxy groups -OCH3 is 1. The maximum absolute atomic E-state index is 5.61. The van der Waals surface area contributed by atoms with Crippen LogP contribution in [0.4, 0.5) is 0 Å². The smallest absolute Gasteiger partial charge is 0.0462 e. The van der Waals surface area contributed by atoms with Crippen molar-refractivity contribution in [2.45, 2.75) is 51.0 Å². The van der Waals surface area contributed by atoms with Gasteiger partial charge in [0, 0.05) is 19.8 Å². The highest BCUT2D eigenvalue weighted by atomic mass is 16.5. The number of allylic oxidation sites excluding steroid dienone is 1. The molecule has 0 heterocycles. The van der Waals surface area contributed by atoms with Crippen molar-refractivity contribution in [2.75, 3.05) is 13.7 Å². The molecule has 0 saturated carbocycles. The minimum absolute atomic E-state index is 0.359. The highest BCUT2D eigenvalue weighted by Crippen LogP contribution is 2.21. The van der Waals surface area contributed by atoms with Gasteiger partial charge in [0.25, 0.3) is 0 Å². The molecule has 0 saturated heterocycles. The van der Waals surface area contributed by atoms with E-state index in [9.17, 15) is 0 Å². The maximum atomic E-state index is 5.61. The average Bonchev–Trinajstić information content (AvgIpc) is 2.53. The molecule has 0 aromatic carbocycles. The number of hydrazine groups is 1. The number of ether oxygens (including phenoxy) is 1. The molecule has 1 aliphatic carbocycles. The van der Waals surface area contributed by atoms with E-state index >= 15 is 0 Å². The Morgan fingerprint density at radius 3 is 3.07 bits per heavy atom. The second kappa shape index (κ2) is 7.85. The van der Waals surface area contributed by atoms with Gasteiger partial charge in [0.05, 0.1) is 0 Å². The van der Waals surface area contributed by atoms with Gasteiger partial charge >= 0.3 is 0 Å². The van der Waals surface area contributed by atoms with E-state index in [4.69, 9.17) is 10.6 Å². The first-order chi connectivity index (χ1) is 7.38. The van der Waals surface area contributed by atoms with Gasteiger partial charge < -0.3 is 4.74 Å². The summed E-state index contributed by atoms with van der Waals surface area (Å²) in [6, 6.07) is 0.359. The zero-order chi connectivity index (χ0) is 10.9. The van der Waals surface area contributed by atoms with Crippen LogP contribution in [0, 0.1) is 0 Å². The van der Waals surface area contributed by atoms with E-state index in [0.717, 1.165) is 19.4 Å². The fraction of sp³-hybridized carbons (Fsp3) is 0.833. The third-order valence-corrected chi connectivity index (χ3v) is 3.07. The summed E-state index contributed by atoms with van der Waals surface area (Å²) in [5.41, 5.74) is 4.44. The molecule has 1 rings (SSSR count). The van der Waals surface area contributed by atoms with E-state index < -0.39 is 0 Å². The van der Waals surface area contributed by atoms with E-state index in [1.165, 1.54) is 37.7 Å². The molecule has 3 N–H and O–H groups in total. The number of hydrogen-bond donors (Lipinski definition) is 2. The van der Waals surface area contributed by atoms with Crippen molar-refractivity contribution in [3.8, 4) is 0 Å². The Morgan fingerprint density at radius 2 is 2.33 bits per heavy atom. The molecule has 88 valence electrons. The van der Waals surface area contributed by atoms with Crippen LogP contribution in [0.1, 0.15) is 44.9 Å². The molecule has 0 aromatic rings. The highest BCUT2D eigenvalue weighted by molar-refractivity contribution is 5.11. The Morgan fingerprint density at radius 1 is 1.47 bits per heavy atom. The quantitative estimate of drug-likeness (QED) is 0.307. The number of nitrogens with two attached hydrogens (primary N) is 1. The third-order valence-electron chi connectivity index (χ3n) is 3.07. The summed E-state index contributed by atoms with van der Waals surface area (Å²) in [6.07, 6.45) is 11.0. The summed E-state index contributed by atoms with van der Waals surface area (Å²) >= 11 is 0. The van der Waals surface area contributed by atoms with Crippen molar-refractivity contribution in [2.24, 2.45) is 5.84 Å². The zero-order valence-corrected chi connectivity index (χ0v) is 9.80. The summed E-state index contributed by atoms with van der Waals surface area (Å²) < 4.78 is 5.06. The number of rotatable bonds is 6. The first-order valence-corrected chi connectivity index (χ1v) is 6.02. The van der Waals surface area contributed by atoms with Gasteiger partial charge in [-0.15, -0.1) is 0 Å². The van der Waals surface area contributed by atoms with Crippen LogP contribution in [0.25, 0.3) is 0 Å². The van der Waals surface area contributed by atoms with Gasteiger partial charge in [-0.1, -0.05) is 18.1 Å². The third kappa shape index (κ3) is 4.78. The fourth-order valence-corrected chi connectivity index (χ4v) is 2.16. The molecule has 1 unspecified atom stereocenters. The Labute approximate surface area is 93.0 Å². The number of hydrogen-bond acceptors (Lipinski definition) is 3. The average molecular weight is 212 g/mol. The van der Waals surface area contributed by atoms with Crippen LogP contribution in [0.3, 0.4) is 0 Å². The molecule has 0 aromatic heterocycles. The normalized spacial score (nSPS) is 19.5. The van der Waals surface area contributed by atoms with Crippen molar-refractivity contribution in [1.82, 2.24) is 5.43 Å². The van der Waals surface area contributed by atoms with Crippen LogP contribution >= 0.6 is 0 Å². The van der Waals surface area contributed by atoms with Crippen molar-refractivity contribution < 1.29 is 4.74 Å². The molecule has 0 amide bonds. The summed E-state index contributed by atoms with van der Waals surface area (Å²) in [6.45, 7) is 0.825. The predicted octanol–water partition coefficient (Wildman–Crippen LogP) is 2.14. The molecular formula is C12H24N2O. The van der Waals surface area contributed by atoms with Crippen LogP contribution in [-0.2, 0) is 4.74 Å². The van der Waals surface area contributed by atoms with Gasteiger partial charge in [0.15, 0.2) is 0 Å². The molecule has 3 nitrogen and oxygen atoms in total. The van der Waals surface area contributed by atoms with E-state index in [-0.39, 0.29) is 0 Å². The van der Waals surface area contributed by atoms with Crippen molar-refractivity contribution >= 4 is 0 Å². The van der Waals surface area contributed by atoms with Crippen LogP contribution in [0.5, 0.6) is 0 Å². The van der Waals surface area contributed by atoms with E-state index in [2.05, 4.69) is 11.5 Å². The second-order valence-electron chi connectivity index (χ2n) is 4.23. The molecule has 1 aliphatic rings. The van der Waals surface area contributed by atoms with Gasteiger partial charge in [-0.3, -0.25) is 11.3 Å². The lowest BCUT2D eigenvalue weighted by Gasteiger charge is -2.19. The second-order valence-corrected chi connectivity index (χ2v) is 4.23. The molecule has 0 spiro atoms. The molecule has 0 radical (unpaired) electrons. The Balaban J connectivity index is 2.37. The Kier molecular flexibility index (Phi) is 6.64. The minimum atomic E-state index is 0.359. The van der Waals surface area contributed by atoms with Crippen LogP contribution in [0.2, 0.25) is 0 Å². The lowest BCUT2D eigenvalue weighted by Crippen LogP contribution is -2.36. The highest BCUT2D eigenvalue weighted by Gasteiger charge is 2.13. The minimum Gasteiger partial charge on any atom is -0.385 e. The fourth-order valence-electron chi connectivity index (χ4n) is 2.16. The summed E-state index contributed by atoms with van der Waals surface area (Å²) in [5.74, 6) is 5.61. The number of nitrogens with one attached hydrogen (secondary N) is 1. The zero-order valence-electron chi connectivity index (χ0n) is 9.80. The molecular weight excluding hydrogens is 188 g/mol. The maximum Gasteiger partial charge on any atom is 0.0462 e. The van der Waals surface area contributed by atoms with Gasteiger partial charge in [-0.25, -0.2) is 0 Å². The first-order valence-electron chi connectivity index (χ1n) is 6.02. The van der Waals surface area contributed by atoms with Gasteiger partial charge in [-0.05, 0) is 38.5 Å². The SMILES string of the molecule is COCCCC(NN)C1=CCCCCC1. The Hall–Kier alpha value is -0.380. The monoisotopic (exact) mass is 212 g/mol. The van der Waals surface area contributed by atoms with Gasteiger partial charge in [0.2, 0.25) is 0 Å². The molecule has 0 fully saturated rings. The molecule has 3 heteroatoms. The van der Waals surface area contributed by atoms with Crippen molar-refractivity contribution in [1.29, 1.82) is 0 Å². The summed E-state index contributed by atoms with van der Waals surface area (Å²) in [5, 5.41) is 0. The van der Waals surface area contributed by atoms with E-state index in [1.807, 2.05) is 0 Å². The van der Waals surface area contributed by atoms with Gasteiger partial charge in [-0.2, -0.15) is 0 Å². The largest absolute Gasteiger partial charge is 0.385 e. The van der Waals surface area contributed by atoms with E-state index in [1.54, 1.807) is 7.11 Å². The van der Waals surface area contributed by atoms with Crippen molar-refractivity contribution in [3.63, 3.8) is 0 Å². The van der Waals surface area contributed by atoms with Gasteiger partial charge in [0.1, 0.15) is 0 Å².